The third kappa shape index (κ3) is 6.87. The van der Waals surface area contributed by atoms with Crippen molar-refractivity contribution in [2.45, 2.75) is 12.8 Å². The van der Waals surface area contributed by atoms with Gasteiger partial charge in [0, 0.05) is 39.3 Å². The summed E-state index contributed by atoms with van der Waals surface area (Å²) in [7, 11) is -3.05. The van der Waals surface area contributed by atoms with Crippen molar-refractivity contribution in [3.8, 4) is 0 Å². The molecule has 0 aromatic heterocycles. The van der Waals surface area contributed by atoms with E-state index in [2.05, 4.69) is 44.9 Å². The van der Waals surface area contributed by atoms with E-state index in [0.29, 0.717) is 6.54 Å². The SMILES string of the molecule is CS(=O)(=O)NCCCN1CCN(CCc2ccccc2)CC1. The van der Waals surface area contributed by atoms with Gasteiger partial charge in [0.05, 0.1) is 6.26 Å². The monoisotopic (exact) mass is 325 g/mol. The van der Waals surface area contributed by atoms with Crippen LogP contribution in [-0.2, 0) is 16.4 Å². The third-order valence-electron chi connectivity index (χ3n) is 4.04. The van der Waals surface area contributed by atoms with Gasteiger partial charge in [-0.25, -0.2) is 13.1 Å². The Balaban J connectivity index is 1.58. The van der Waals surface area contributed by atoms with Crippen molar-refractivity contribution in [2.24, 2.45) is 0 Å². The summed E-state index contributed by atoms with van der Waals surface area (Å²) in [4.78, 5) is 4.93. The van der Waals surface area contributed by atoms with Crippen LogP contribution >= 0.6 is 0 Å². The van der Waals surface area contributed by atoms with Crippen molar-refractivity contribution >= 4 is 10.0 Å². The average molecular weight is 325 g/mol. The van der Waals surface area contributed by atoms with Crippen molar-refractivity contribution < 1.29 is 8.42 Å². The fourth-order valence-corrected chi connectivity index (χ4v) is 3.24. The maximum Gasteiger partial charge on any atom is 0.208 e. The van der Waals surface area contributed by atoms with Crippen LogP contribution in [0.5, 0.6) is 0 Å². The van der Waals surface area contributed by atoms with Crippen LogP contribution in [0.4, 0.5) is 0 Å². The molecule has 1 fully saturated rings. The number of hydrogen-bond donors (Lipinski definition) is 1. The fourth-order valence-electron chi connectivity index (χ4n) is 2.73. The van der Waals surface area contributed by atoms with Crippen molar-refractivity contribution in [3.63, 3.8) is 0 Å². The molecule has 6 heteroatoms. The molecular weight excluding hydrogens is 298 g/mol. The van der Waals surface area contributed by atoms with Gasteiger partial charge in [0.2, 0.25) is 10.0 Å². The lowest BCUT2D eigenvalue weighted by Gasteiger charge is -2.34. The van der Waals surface area contributed by atoms with Crippen LogP contribution in [0.1, 0.15) is 12.0 Å². The van der Waals surface area contributed by atoms with Gasteiger partial charge < -0.3 is 9.80 Å². The van der Waals surface area contributed by atoms with E-state index in [1.54, 1.807) is 0 Å². The molecule has 0 saturated carbocycles. The normalized spacial score (nSPS) is 17.7. The van der Waals surface area contributed by atoms with Gasteiger partial charge in [-0.05, 0) is 24.9 Å². The molecule has 1 aromatic rings. The molecule has 22 heavy (non-hydrogen) atoms. The van der Waals surface area contributed by atoms with Crippen LogP contribution in [0.2, 0.25) is 0 Å². The molecule has 1 aliphatic heterocycles. The molecule has 0 atom stereocenters. The summed E-state index contributed by atoms with van der Waals surface area (Å²) in [5.41, 5.74) is 1.40. The Bertz CT molecular complexity index is 526. The first kappa shape index (κ1) is 17.4. The maximum absolute atomic E-state index is 11.0. The first-order chi connectivity index (χ1) is 10.5. The number of piperazine rings is 1. The second kappa shape index (κ2) is 8.62. The zero-order chi connectivity index (χ0) is 15.8. The smallest absolute Gasteiger partial charge is 0.208 e. The lowest BCUT2D eigenvalue weighted by atomic mass is 10.1. The highest BCUT2D eigenvalue weighted by molar-refractivity contribution is 7.88. The zero-order valence-corrected chi connectivity index (χ0v) is 14.2. The van der Waals surface area contributed by atoms with E-state index in [4.69, 9.17) is 0 Å². The summed E-state index contributed by atoms with van der Waals surface area (Å²) in [5, 5.41) is 0. The molecule has 1 saturated heterocycles. The van der Waals surface area contributed by atoms with E-state index in [1.165, 1.54) is 11.8 Å². The van der Waals surface area contributed by atoms with Gasteiger partial charge in [-0.15, -0.1) is 0 Å². The minimum Gasteiger partial charge on any atom is -0.301 e. The zero-order valence-electron chi connectivity index (χ0n) is 13.4. The molecule has 0 bridgehead atoms. The number of hydrogen-bond acceptors (Lipinski definition) is 4. The summed E-state index contributed by atoms with van der Waals surface area (Å²) in [6, 6.07) is 10.6. The van der Waals surface area contributed by atoms with Gasteiger partial charge in [0.15, 0.2) is 0 Å². The van der Waals surface area contributed by atoms with E-state index in [-0.39, 0.29) is 0 Å². The summed E-state index contributed by atoms with van der Waals surface area (Å²) in [6.45, 7) is 6.98. The summed E-state index contributed by atoms with van der Waals surface area (Å²) < 4.78 is 24.5. The van der Waals surface area contributed by atoms with Gasteiger partial charge in [-0.3, -0.25) is 0 Å². The molecule has 1 aliphatic rings. The summed E-state index contributed by atoms with van der Waals surface area (Å²) >= 11 is 0. The summed E-state index contributed by atoms with van der Waals surface area (Å²) in [5.74, 6) is 0. The molecule has 1 N–H and O–H groups in total. The summed E-state index contributed by atoms with van der Waals surface area (Å²) in [6.07, 6.45) is 3.19. The van der Waals surface area contributed by atoms with E-state index < -0.39 is 10.0 Å². The Labute approximate surface area is 134 Å². The highest BCUT2D eigenvalue weighted by atomic mass is 32.2. The number of sulfonamides is 1. The Kier molecular flexibility index (Phi) is 6.82. The maximum atomic E-state index is 11.0. The number of benzene rings is 1. The Hall–Kier alpha value is -0.950. The Morgan fingerprint density at radius 1 is 1.00 bits per heavy atom. The molecule has 124 valence electrons. The lowest BCUT2D eigenvalue weighted by molar-refractivity contribution is 0.133. The highest BCUT2D eigenvalue weighted by Gasteiger charge is 2.16. The molecule has 2 rings (SSSR count). The van der Waals surface area contributed by atoms with Crippen LogP contribution in [0, 0.1) is 0 Å². The predicted octanol–water partition coefficient (Wildman–Crippen LogP) is 0.786. The highest BCUT2D eigenvalue weighted by Crippen LogP contribution is 2.05. The Morgan fingerprint density at radius 2 is 1.59 bits per heavy atom. The van der Waals surface area contributed by atoms with Crippen molar-refractivity contribution in [2.75, 3.05) is 52.1 Å². The van der Waals surface area contributed by atoms with Crippen molar-refractivity contribution in [1.29, 1.82) is 0 Å². The average Bonchev–Trinajstić information content (AvgIpc) is 2.51. The second-order valence-corrected chi connectivity index (χ2v) is 7.77. The number of nitrogens with one attached hydrogen (secondary N) is 1. The first-order valence-corrected chi connectivity index (χ1v) is 9.85. The fraction of sp³-hybridized carbons (Fsp3) is 0.625. The predicted molar refractivity (Wildman–Crippen MR) is 90.5 cm³/mol. The van der Waals surface area contributed by atoms with Crippen LogP contribution in [0.3, 0.4) is 0 Å². The minimum atomic E-state index is -3.05. The van der Waals surface area contributed by atoms with E-state index >= 15 is 0 Å². The van der Waals surface area contributed by atoms with Gasteiger partial charge >= 0.3 is 0 Å². The molecule has 0 spiro atoms. The molecule has 0 amide bonds. The largest absolute Gasteiger partial charge is 0.301 e. The van der Waals surface area contributed by atoms with Crippen molar-refractivity contribution in [1.82, 2.24) is 14.5 Å². The topological polar surface area (TPSA) is 52.7 Å². The quantitative estimate of drug-likeness (QED) is 0.718. The molecule has 0 aliphatic carbocycles. The standard InChI is InChI=1S/C16H27N3O2S/c1-22(20,21)17-9-5-10-18-12-14-19(15-13-18)11-8-16-6-3-2-4-7-16/h2-4,6-7,17H,5,8-15H2,1H3. The number of nitrogens with zero attached hydrogens (tertiary/aromatic N) is 2. The van der Waals surface area contributed by atoms with Crippen LogP contribution in [-0.4, -0.2) is 70.3 Å². The molecule has 0 radical (unpaired) electrons. The Morgan fingerprint density at radius 3 is 2.18 bits per heavy atom. The molecular formula is C16H27N3O2S. The lowest BCUT2D eigenvalue weighted by Crippen LogP contribution is -2.47. The van der Waals surface area contributed by atoms with Crippen molar-refractivity contribution in [3.05, 3.63) is 35.9 Å². The van der Waals surface area contributed by atoms with Crippen LogP contribution in [0.15, 0.2) is 30.3 Å². The van der Waals surface area contributed by atoms with E-state index in [0.717, 1.165) is 52.1 Å². The second-order valence-electron chi connectivity index (χ2n) is 5.94. The minimum absolute atomic E-state index is 0.535. The number of rotatable bonds is 8. The first-order valence-electron chi connectivity index (χ1n) is 7.96. The van der Waals surface area contributed by atoms with Crippen LogP contribution < -0.4 is 4.72 Å². The van der Waals surface area contributed by atoms with E-state index in [9.17, 15) is 8.42 Å². The molecule has 1 heterocycles. The van der Waals surface area contributed by atoms with E-state index in [1.807, 2.05) is 0 Å². The van der Waals surface area contributed by atoms with Gasteiger partial charge in [0.25, 0.3) is 0 Å². The van der Waals surface area contributed by atoms with Gasteiger partial charge in [-0.2, -0.15) is 0 Å². The van der Waals surface area contributed by atoms with Crippen LogP contribution in [0.25, 0.3) is 0 Å². The molecule has 1 aromatic carbocycles. The third-order valence-corrected chi connectivity index (χ3v) is 4.77. The van der Waals surface area contributed by atoms with Gasteiger partial charge in [0.1, 0.15) is 0 Å². The molecule has 0 unspecified atom stereocenters. The molecule has 5 nitrogen and oxygen atoms in total. The van der Waals surface area contributed by atoms with Gasteiger partial charge in [-0.1, -0.05) is 30.3 Å².